The van der Waals surface area contributed by atoms with Gasteiger partial charge in [-0.1, -0.05) is 54.1 Å². The predicted molar refractivity (Wildman–Crippen MR) is 77.0 cm³/mol. The molecular formula is C16H17ClO. The summed E-state index contributed by atoms with van der Waals surface area (Å²) in [6.07, 6.45) is 0.148. The first kappa shape index (κ1) is 13.1. The minimum absolute atomic E-state index is 0.277. The quantitative estimate of drug-likeness (QED) is 0.829. The Morgan fingerprint density at radius 1 is 0.944 bits per heavy atom. The molecule has 1 nitrogen and oxygen atoms in total. The molecule has 18 heavy (non-hydrogen) atoms. The van der Waals surface area contributed by atoms with Crippen molar-refractivity contribution in [2.45, 2.75) is 19.4 Å². The number of aliphatic hydroxyl groups is 1. The number of halogens is 1. The largest absolute Gasteiger partial charge is 0.392 e. The number of rotatable bonds is 4. The van der Waals surface area contributed by atoms with Crippen LogP contribution in [0.4, 0.5) is 0 Å². The Hall–Kier alpha value is -1.31. The van der Waals surface area contributed by atoms with Gasteiger partial charge >= 0.3 is 0 Å². The summed E-state index contributed by atoms with van der Waals surface area (Å²) < 4.78 is 0. The molecule has 1 atom stereocenters. The van der Waals surface area contributed by atoms with Crippen molar-refractivity contribution in [2.75, 3.05) is 5.88 Å². The van der Waals surface area contributed by atoms with E-state index in [1.165, 1.54) is 16.7 Å². The third-order valence-corrected chi connectivity index (χ3v) is 3.34. The van der Waals surface area contributed by atoms with Gasteiger partial charge in [-0.25, -0.2) is 0 Å². The summed E-state index contributed by atoms with van der Waals surface area (Å²) in [6.45, 7) is 2.08. The second-order valence-corrected chi connectivity index (χ2v) is 4.88. The molecule has 94 valence electrons. The normalized spacial score (nSPS) is 12.4. The fraction of sp³-hybridized carbons (Fsp3) is 0.250. The average Bonchev–Trinajstić information content (AvgIpc) is 2.40. The van der Waals surface area contributed by atoms with Gasteiger partial charge in [-0.15, -0.1) is 11.6 Å². The summed E-state index contributed by atoms with van der Waals surface area (Å²) in [7, 11) is 0. The zero-order valence-electron chi connectivity index (χ0n) is 10.4. The first-order valence-electron chi connectivity index (χ1n) is 6.09. The smallest absolute Gasteiger partial charge is 0.0715 e. The number of hydrogen-bond acceptors (Lipinski definition) is 1. The molecule has 0 aliphatic heterocycles. The van der Waals surface area contributed by atoms with Crippen molar-refractivity contribution >= 4 is 11.6 Å². The highest BCUT2D eigenvalue weighted by Crippen LogP contribution is 2.20. The Kier molecular flexibility index (Phi) is 4.40. The molecule has 0 aromatic heterocycles. The number of benzene rings is 2. The highest BCUT2D eigenvalue weighted by molar-refractivity contribution is 6.18. The molecule has 0 amide bonds. The number of alkyl halides is 1. The molecule has 2 aromatic carbocycles. The van der Waals surface area contributed by atoms with Crippen LogP contribution in [0.5, 0.6) is 0 Å². The highest BCUT2D eigenvalue weighted by Gasteiger charge is 2.04. The van der Waals surface area contributed by atoms with Gasteiger partial charge in [0.05, 0.1) is 6.10 Å². The molecule has 0 saturated heterocycles. The third kappa shape index (κ3) is 3.34. The van der Waals surface area contributed by atoms with Crippen LogP contribution in [0.3, 0.4) is 0 Å². The van der Waals surface area contributed by atoms with Crippen molar-refractivity contribution in [2.24, 2.45) is 0 Å². The van der Waals surface area contributed by atoms with Crippen LogP contribution < -0.4 is 0 Å². The molecule has 0 spiro atoms. The van der Waals surface area contributed by atoms with Gasteiger partial charge in [0.25, 0.3) is 0 Å². The van der Waals surface area contributed by atoms with Gasteiger partial charge in [0.2, 0.25) is 0 Å². The third-order valence-electron chi connectivity index (χ3n) is 2.99. The summed E-state index contributed by atoms with van der Waals surface area (Å²) in [6, 6.07) is 16.7. The second kappa shape index (κ2) is 6.03. The zero-order chi connectivity index (χ0) is 13.0. The number of aryl methyl sites for hydroxylation is 1. The lowest BCUT2D eigenvalue weighted by atomic mass is 10.0. The van der Waals surface area contributed by atoms with E-state index in [4.69, 9.17) is 11.6 Å². The minimum Gasteiger partial charge on any atom is -0.392 e. The monoisotopic (exact) mass is 260 g/mol. The molecular weight excluding hydrogens is 244 g/mol. The van der Waals surface area contributed by atoms with Crippen LogP contribution in [0.15, 0.2) is 48.5 Å². The topological polar surface area (TPSA) is 20.2 Å². The van der Waals surface area contributed by atoms with Gasteiger partial charge < -0.3 is 5.11 Å². The predicted octanol–water partition coefficient (Wildman–Crippen LogP) is 3.80. The van der Waals surface area contributed by atoms with Crippen LogP contribution in [0, 0.1) is 6.92 Å². The minimum atomic E-state index is -0.461. The first-order valence-corrected chi connectivity index (χ1v) is 6.62. The van der Waals surface area contributed by atoms with E-state index in [1.54, 1.807) is 0 Å². The molecule has 0 fully saturated rings. The van der Waals surface area contributed by atoms with Crippen molar-refractivity contribution in [1.29, 1.82) is 0 Å². The lowest BCUT2D eigenvalue weighted by Gasteiger charge is -2.08. The highest BCUT2D eigenvalue weighted by atomic mass is 35.5. The van der Waals surface area contributed by atoms with Crippen LogP contribution in [-0.4, -0.2) is 17.1 Å². The maximum atomic E-state index is 9.50. The molecule has 0 aliphatic rings. The maximum absolute atomic E-state index is 9.50. The van der Waals surface area contributed by atoms with Crippen LogP contribution in [-0.2, 0) is 6.42 Å². The van der Waals surface area contributed by atoms with Gasteiger partial charge in [0.15, 0.2) is 0 Å². The molecule has 2 aromatic rings. The Morgan fingerprint density at radius 3 is 1.94 bits per heavy atom. The lowest BCUT2D eigenvalue weighted by molar-refractivity contribution is 0.199. The summed E-state index contributed by atoms with van der Waals surface area (Å²) >= 11 is 5.59. The molecule has 0 radical (unpaired) electrons. The molecule has 2 rings (SSSR count). The van der Waals surface area contributed by atoms with Gasteiger partial charge in [-0.2, -0.15) is 0 Å². The zero-order valence-corrected chi connectivity index (χ0v) is 11.2. The standard InChI is InChI=1S/C16H17ClO/c1-12-2-6-14(7-3-12)15-8-4-13(5-9-15)10-16(18)11-17/h2-9,16,18H,10-11H2,1H3. The van der Waals surface area contributed by atoms with E-state index in [9.17, 15) is 5.11 Å². The Bertz CT molecular complexity index is 488. The Balaban J connectivity index is 2.14. The summed E-state index contributed by atoms with van der Waals surface area (Å²) in [5.74, 6) is 0.277. The second-order valence-electron chi connectivity index (χ2n) is 4.58. The van der Waals surface area contributed by atoms with Crippen molar-refractivity contribution in [3.8, 4) is 11.1 Å². The van der Waals surface area contributed by atoms with E-state index < -0.39 is 6.10 Å². The first-order chi connectivity index (χ1) is 8.69. The molecule has 0 heterocycles. The fourth-order valence-electron chi connectivity index (χ4n) is 1.91. The molecule has 1 N–H and O–H groups in total. The van der Waals surface area contributed by atoms with Crippen molar-refractivity contribution < 1.29 is 5.11 Å². The van der Waals surface area contributed by atoms with E-state index in [0.717, 1.165) is 5.56 Å². The number of aliphatic hydroxyl groups excluding tert-OH is 1. The SMILES string of the molecule is Cc1ccc(-c2ccc(CC(O)CCl)cc2)cc1. The van der Waals surface area contributed by atoms with Gasteiger partial charge in [0, 0.05) is 5.88 Å². The molecule has 0 saturated carbocycles. The van der Waals surface area contributed by atoms with Crippen molar-refractivity contribution in [3.05, 3.63) is 59.7 Å². The van der Waals surface area contributed by atoms with E-state index in [0.29, 0.717) is 6.42 Å². The van der Waals surface area contributed by atoms with Crippen LogP contribution in [0.25, 0.3) is 11.1 Å². The summed E-state index contributed by atoms with van der Waals surface area (Å²) in [5.41, 5.74) is 4.78. The van der Waals surface area contributed by atoms with E-state index >= 15 is 0 Å². The summed E-state index contributed by atoms with van der Waals surface area (Å²) in [4.78, 5) is 0. The van der Waals surface area contributed by atoms with Gasteiger partial charge in [0.1, 0.15) is 0 Å². The lowest BCUT2D eigenvalue weighted by Crippen LogP contribution is -2.11. The molecule has 1 unspecified atom stereocenters. The molecule has 0 aliphatic carbocycles. The number of hydrogen-bond donors (Lipinski definition) is 1. The van der Waals surface area contributed by atoms with Gasteiger partial charge in [-0.3, -0.25) is 0 Å². The van der Waals surface area contributed by atoms with Crippen LogP contribution >= 0.6 is 11.6 Å². The van der Waals surface area contributed by atoms with Crippen molar-refractivity contribution in [1.82, 2.24) is 0 Å². The average molecular weight is 261 g/mol. The van der Waals surface area contributed by atoms with E-state index in [2.05, 4.69) is 43.3 Å². The fourth-order valence-corrected chi connectivity index (χ4v) is 2.02. The van der Waals surface area contributed by atoms with Crippen molar-refractivity contribution in [3.63, 3.8) is 0 Å². The van der Waals surface area contributed by atoms with Gasteiger partial charge in [-0.05, 0) is 30.0 Å². The summed E-state index contributed by atoms with van der Waals surface area (Å²) in [5, 5.41) is 9.50. The van der Waals surface area contributed by atoms with E-state index in [-0.39, 0.29) is 5.88 Å². The van der Waals surface area contributed by atoms with Crippen LogP contribution in [0.2, 0.25) is 0 Å². The maximum Gasteiger partial charge on any atom is 0.0715 e. The van der Waals surface area contributed by atoms with E-state index in [1.807, 2.05) is 12.1 Å². The molecule has 2 heteroatoms. The molecule has 0 bridgehead atoms. The van der Waals surface area contributed by atoms with Crippen LogP contribution in [0.1, 0.15) is 11.1 Å². The Labute approximate surface area is 113 Å². The Morgan fingerprint density at radius 2 is 1.44 bits per heavy atom.